The maximum Gasteiger partial charge on any atom is 0.256 e. The topological polar surface area (TPSA) is 92.2 Å². The van der Waals surface area contributed by atoms with Crippen LogP contribution in [0.5, 0.6) is 0 Å². The van der Waals surface area contributed by atoms with Crippen molar-refractivity contribution in [2.75, 3.05) is 5.43 Å². The van der Waals surface area contributed by atoms with Crippen molar-refractivity contribution in [2.24, 2.45) is 0 Å². The number of nitro groups is 1. The number of hydrogen-bond donors (Lipinski definition) is 2. The Hall–Kier alpha value is -3.15. The number of hydrogen-bond acceptors (Lipinski definition) is 4. The van der Waals surface area contributed by atoms with Crippen molar-refractivity contribution in [1.82, 2.24) is 0 Å². The van der Waals surface area contributed by atoms with Crippen LogP contribution in [0.25, 0.3) is 10.8 Å². The molecule has 0 saturated carbocycles. The summed E-state index contributed by atoms with van der Waals surface area (Å²) >= 11 is 0. The van der Waals surface area contributed by atoms with Crippen LogP contribution in [0.3, 0.4) is 0 Å². The molecule has 0 atom stereocenters. The molecule has 0 bridgehead atoms. The van der Waals surface area contributed by atoms with Crippen molar-refractivity contribution in [3.8, 4) is 0 Å². The van der Waals surface area contributed by atoms with Crippen LogP contribution in [0.4, 0.5) is 5.88 Å². The van der Waals surface area contributed by atoms with Gasteiger partial charge in [0.05, 0.1) is 11.6 Å². The molecule has 0 aliphatic carbocycles. The van der Waals surface area contributed by atoms with Crippen LogP contribution in [0.1, 0.15) is 11.1 Å². The number of rotatable bonds is 4. The normalized spacial score (nSPS) is 10.5. The van der Waals surface area contributed by atoms with Gasteiger partial charge in [-0.15, -0.1) is 0 Å². The lowest BCUT2D eigenvalue weighted by molar-refractivity contribution is -0.446. The van der Waals surface area contributed by atoms with E-state index in [-0.39, 0.29) is 11.2 Å². The van der Waals surface area contributed by atoms with E-state index < -0.39 is 5.03 Å². The van der Waals surface area contributed by atoms with Gasteiger partial charge in [-0.3, -0.25) is 0 Å². The average molecular weight is 295 g/mol. The SMILES string of the molecule is N=c1cc(N[N+](=O)[O-])occ1Cc1cccc2ccccc12. The van der Waals surface area contributed by atoms with Crippen molar-refractivity contribution in [3.05, 3.63) is 81.4 Å². The number of hydrazine groups is 1. The Balaban J connectivity index is 1.95. The lowest BCUT2D eigenvalue weighted by Gasteiger charge is -2.07. The van der Waals surface area contributed by atoms with Crippen LogP contribution < -0.4 is 10.8 Å². The Morgan fingerprint density at radius 1 is 1.14 bits per heavy atom. The first kappa shape index (κ1) is 13.8. The monoisotopic (exact) mass is 295 g/mol. The molecule has 0 aliphatic rings. The Kier molecular flexibility index (Phi) is 3.57. The van der Waals surface area contributed by atoms with Gasteiger partial charge in [-0.05, 0) is 16.3 Å². The van der Waals surface area contributed by atoms with Gasteiger partial charge in [-0.2, -0.15) is 0 Å². The van der Waals surface area contributed by atoms with Crippen LogP contribution in [0, 0.1) is 15.5 Å². The maximum atomic E-state index is 10.4. The van der Waals surface area contributed by atoms with Gasteiger partial charge in [0, 0.05) is 18.1 Å². The van der Waals surface area contributed by atoms with E-state index in [1.807, 2.05) is 47.9 Å². The molecule has 6 heteroatoms. The third kappa shape index (κ3) is 2.80. The summed E-state index contributed by atoms with van der Waals surface area (Å²) in [7, 11) is 0. The second-order valence-electron chi connectivity index (χ2n) is 4.87. The molecule has 0 saturated heterocycles. The van der Waals surface area contributed by atoms with Gasteiger partial charge in [-0.1, -0.05) is 47.9 Å². The van der Waals surface area contributed by atoms with E-state index in [0.717, 1.165) is 16.3 Å². The van der Waals surface area contributed by atoms with Crippen molar-refractivity contribution in [1.29, 1.82) is 5.41 Å². The molecule has 110 valence electrons. The van der Waals surface area contributed by atoms with Crippen molar-refractivity contribution < 1.29 is 9.45 Å². The van der Waals surface area contributed by atoms with Gasteiger partial charge >= 0.3 is 0 Å². The predicted molar refractivity (Wildman–Crippen MR) is 81.9 cm³/mol. The van der Waals surface area contributed by atoms with Crippen LogP contribution in [0.15, 0.2) is 59.2 Å². The van der Waals surface area contributed by atoms with E-state index in [1.54, 1.807) is 0 Å². The minimum absolute atomic E-state index is 0.0586. The minimum atomic E-state index is -0.720. The number of nitrogens with one attached hydrogen (secondary N) is 2. The summed E-state index contributed by atoms with van der Waals surface area (Å²) in [5.41, 5.74) is 3.65. The fourth-order valence-corrected chi connectivity index (χ4v) is 2.39. The van der Waals surface area contributed by atoms with Gasteiger partial charge in [-0.25, -0.2) is 10.1 Å². The third-order valence-electron chi connectivity index (χ3n) is 3.41. The zero-order valence-electron chi connectivity index (χ0n) is 11.6. The van der Waals surface area contributed by atoms with Gasteiger partial charge in [0.2, 0.25) is 0 Å². The maximum absolute atomic E-state index is 10.4. The van der Waals surface area contributed by atoms with Crippen LogP contribution in [-0.4, -0.2) is 5.03 Å². The summed E-state index contributed by atoms with van der Waals surface area (Å²) in [6.45, 7) is 0. The van der Waals surface area contributed by atoms with Crippen LogP contribution in [-0.2, 0) is 6.42 Å². The van der Waals surface area contributed by atoms with Gasteiger partial charge in [0.25, 0.3) is 5.88 Å². The molecule has 0 aliphatic heterocycles. The van der Waals surface area contributed by atoms with E-state index in [2.05, 4.69) is 0 Å². The van der Waals surface area contributed by atoms with Crippen LogP contribution >= 0.6 is 0 Å². The smallest absolute Gasteiger partial charge is 0.256 e. The Labute approximate surface area is 125 Å². The Morgan fingerprint density at radius 2 is 1.91 bits per heavy atom. The molecule has 0 amide bonds. The standard InChI is InChI=1S/C16H13N3O3/c17-15-9-16(18-19(20)21)22-10-13(15)8-12-6-3-5-11-4-1-2-7-14(11)12/h1-7,9-10,17-18H,8H2. The van der Waals surface area contributed by atoms with E-state index in [0.29, 0.717) is 12.0 Å². The van der Waals surface area contributed by atoms with E-state index in [9.17, 15) is 10.1 Å². The number of benzene rings is 2. The molecular weight excluding hydrogens is 282 g/mol. The highest BCUT2D eigenvalue weighted by molar-refractivity contribution is 5.85. The predicted octanol–water partition coefficient (Wildman–Crippen LogP) is 3.11. The first-order valence-corrected chi connectivity index (χ1v) is 6.67. The summed E-state index contributed by atoms with van der Waals surface area (Å²) in [4.78, 5) is 10.4. The molecule has 1 aromatic heterocycles. The lowest BCUT2D eigenvalue weighted by Crippen LogP contribution is -2.13. The Bertz CT molecular complexity index is 897. The quantitative estimate of drug-likeness (QED) is 0.571. The molecule has 0 unspecified atom stereocenters. The zero-order valence-corrected chi connectivity index (χ0v) is 11.6. The largest absolute Gasteiger partial charge is 0.444 e. The van der Waals surface area contributed by atoms with E-state index >= 15 is 0 Å². The molecule has 1 heterocycles. The molecule has 2 aromatic carbocycles. The summed E-state index contributed by atoms with van der Waals surface area (Å²) in [5.74, 6) is -0.0586. The number of nitrogens with zero attached hydrogens (tertiary/aromatic N) is 1. The fourth-order valence-electron chi connectivity index (χ4n) is 2.39. The summed E-state index contributed by atoms with van der Waals surface area (Å²) < 4.78 is 5.16. The van der Waals surface area contributed by atoms with E-state index in [1.165, 1.54) is 12.3 Å². The molecule has 3 aromatic rings. The molecule has 3 rings (SSSR count). The molecule has 2 N–H and O–H groups in total. The van der Waals surface area contributed by atoms with Gasteiger partial charge in [0.15, 0.2) is 5.03 Å². The fraction of sp³-hybridized carbons (Fsp3) is 0.0625. The van der Waals surface area contributed by atoms with Crippen LogP contribution in [0.2, 0.25) is 0 Å². The van der Waals surface area contributed by atoms with Crippen molar-refractivity contribution >= 4 is 16.7 Å². The summed E-state index contributed by atoms with van der Waals surface area (Å²) in [6, 6.07) is 15.4. The zero-order chi connectivity index (χ0) is 15.5. The first-order chi connectivity index (χ1) is 10.6. The molecule has 0 spiro atoms. The highest BCUT2D eigenvalue weighted by Gasteiger charge is 2.07. The highest BCUT2D eigenvalue weighted by atomic mass is 16.7. The molecular formula is C16H13N3O3. The second-order valence-corrected chi connectivity index (χ2v) is 4.87. The molecule has 22 heavy (non-hydrogen) atoms. The lowest BCUT2D eigenvalue weighted by atomic mass is 9.99. The van der Waals surface area contributed by atoms with Crippen molar-refractivity contribution in [2.45, 2.75) is 6.42 Å². The van der Waals surface area contributed by atoms with Gasteiger partial charge in [0.1, 0.15) is 0 Å². The van der Waals surface area contributed by atoms with E-state index in [4.69, 9.17) is 9.83 Å². The van der Waals surface area contributed by atoms with Crippen molar-refractivity contribution in [3.63, 3.8) is 0 Å². The number of anilines is 1. The number of fused-ring (bicyclic) bond motifs is 1. The summed E-state index contributed by atoms with van der Waals surface area (Å²) in [5, 5.41) is 20.1. The minimum Gasteiger partial charge on any atom is -0.444 e. The third-order valence-corrected chi connectivity index (χ3v) is 3.41. The highest BCUT2D eigenvalue weighted by Crippen LogP contribution is 2.20. The first-order valence-electron chi connectivity index (χ1n) is 6.67. The summed E-state index contributed by atoms with van der Waals surface area (Å²) in [6.07, 6.45) is 1.92. The second kappa shape index (κ2) is 5.69. The Morgan fingerprint density at radius 3 is 2.68 bits per heavy atom. The molecule has 0 fully saturated rings. The molecule has 0 radical (unpaired) electrons. The van der Waals surface area contributed by atoms with Gasteiger partial charge < -0.3 is 9.83 Å². The molecule has 6 nitrogen and oxygen atoms in total. The average Bonchev–Trinajstić information content (AvgIpc) is 2.50.